The van der Waals surface area contributed by atoms with Gasteiger partial charge in [-0.3, -0.25) is 4.68 Å². The quantitative estimate of drug-likeness (QED) is 0.888. The lowest BCUT2D eigenvalue weighted by Gasteiger charge is -2.13. The van der Waals surface area contributed by atoms with Crippen LogP contribution in [0.2, 0.25) is 0 Å². The van der Waals surface area contributed by atoms with E-state index in [0.717, 1.165) is 30.9 Å². The summed E-state index contributed by atoms with van der Waals surface area (Å²) in [5.41, 5.74) is 2.30. The molecule has 2 aromatic heterocycles. The van der Waals surface area contributed by atoms with E-state index in [-0.39, 0.29) is 0 Å². The molecule has 3 rings (SSSR count). The summed E-state index contributed by atoms with van der Waals surface area (Å²) in [6, 6.07) is 0.583. The summed E-state index contributed by atoms with van der Waals surface area (Å²) in [7, 11) is 0. The second kappa shape index (κ2) is 4.94. The van der Waals surface area contributed by atoms with Gasteiger partial charge in [0, 0.05) is 30.9 Å². The van der Waals surface area contributed by atoms with Gasteiger partial charge in [-0.25, -0.2) is 4.98 Å². The Hall–Kier alpha value is -1.62. The van der Waals surface area contributed by atoms with E-state index in [2.05, 4.69) is 33.1 Å². The molecule has 0 radical (unpaired) electrons. The highest BCUT2D eigenvalue weighted by Crippen LogP contribution is 2.19. The molecule has 3 heterocycles. The number of aryl methyl sites for hydroxylation is 1. The Balaban J connectivity index is 1.81. The van der Waals surface area contributed by atoms with Crippen LogP contribution in [-0.2, 0) is 13.1 Å². The van der Waals surface area contributed by atoms with E-state index in [0.29, 0.717) is 6.04 Å². The predicted molar refractivity (Wildman–Crippen MR) is 70.1 cm³/mol. The highest BCUT2D eigenvalue weighted by Gasteiger charge is 2.16. The minimum atomic E-state index is 0.583. The Labute approximate surface area is 107 Å². The van der Waals surface area contributed by atoms with Gasteiger partial charge in [-0.2, -0.15) is 5.10 Å². The molecular weight excluding hydrogens is 226 g/mol. The molecule has 0 aliphatic carbocycles. The number of rotatable bonds is 4. The number of hydrogen-bond donors (Lipinski definition) is 1. The fourth-order valence-corrected chi connectivity index (χ4v) is 2.53. The molecule has 1 atom stereocenters. The van der Waals surface area contributed by atoms with E-state index in [4.69, 9.17) is 0 Å². The molecule has 5 nitrogen and oxygen atoms in total. The van der Waals surface area contributed by atoms with Crippen LogP contribution in [0, 0.1) is 0 Å². The number of aromatic nitrogens is 4. The minimum Gasteiger partial charge on any atom is -0.329 e. The Kier molecular flexibility index (Phi) is 3.15. The summed E-state index contributed by atoms with van der Waals surface area (Å²) in [4.78, 5) is 4.27. The molecule has 1 saturated heterocycles. The zero-order chi connectivity index (χ0) is 12.4. The second-order valence-corrected chi connectivity index (χ2v) is 4.81. The third-order valence-electron chi connectivity index (χ3n) is 3.54. The van der Waals surface area contributed by atoms with Crippen molar-refractivity contribution in [2.45, 2.75) is 38.9 Å². The Morgan fingerprint density at radius 1 is 1.44 bits per heavy atom. The van der Waals surface area contributed by atoms with Crippen LogP contribution in [-0.4, -0.2) is 31.9 Å². The third kappa shape index (κ3) is 2.18. The van der Waals surface area contributed by atoms with E-state index < -0.39 is 0 Å². The van der Waals surface area contributed by atoms with Crippen molar-refractivity contribution in [2.24, 2.45) is 0 Å². The molecule has 18 heavy (non-hydrogen) atoms. The van der Waals surface area contributed by atoms with Crippen LogP contribution in [0.5, 0.6) is 0 Å². The second-order valence-electron chi connectivity index (χ2n) is 4.81. The molecule has 0 saturated carbocycles. The van der Waals surface area contributed by atoms with E-state index in [1.54, 1.807) is 0 Å². The smallest absolute Gasteiger partial charge is 0.0951 e. The van der Waals surface area contributed by atoms with Crippen molar-refractivity contribution in [2.75, 3.05) is 6.54 Å². The summed E-state index contributed by atoms with van der Waals surface area (Å²) < 4.78 is 4.17. The average Bonchev–Trinajstić information content (AvgIpc) is 3.09. The zero-order valence-corrected chi connectivity index (χ0v) is 10.7. The molecule has 0 aromatic carbocycles. The van der Waals surface area contributed by atoms with Gasteiger partial charge < -0.3 is 9.88 Å². The Bertz CT molecular complexity index is 507. The van der Waals surface area contributed by atoms with Crippen molar-refractivity contribution in [3.8, 4) is 11.3 Å². The largest absolute Gasteiger partial charge is 0.329 e. The first-order chi connectivity index (χ1) is 8.86. The molecule has 1 fully saturated rings. The summed E-state index contributed by atoms with van der Waals surface area (Å²) >= 11 is 0. The Morgan fingerprint density at radius 2 is 2.39 bits per heavy atom. The van der Waals surface area contributed by atoms with E-state index in [1.165, 1.54) is 12.8 Å². The van der Waals surface area contributed by atoms with Gasteiger partial charge in [-0.15, -0.1) is 0 Å². The lowest BCUT2D eigenvalue weighted by molar-refractivity contribution is 0.512. The lowest BCUT2D eigenvalue weighted by atomic mass is 10.2. The van der Waals surface area contributed by atoms with Crippen LogP contribution in [0.15, 0.2) is 24.9 Å². The normalized spacial score (nSPS) is 19.5. The van der Waals surface area contributed by atoms with Crippen LogP contribution in [0.25, 0.3) is 11.3 Å². The maximum absolute atomic E-state index is 4.32. The zero-order valence-electron chi connectivity index (χ0n) is 10.7. The molecule has 2 aromatic rings. The van der Waals surface area contributed by atoms with Gasteiger partial charge >= 0.3 is 0 Å². The van der Waals surface area contributed by atoms with Gasteiger partial charge in [0.1, 0.15) is 0 Å². The molecule has 1 aliphatic rings. The SMILES string of the molecule is CCn1cc(-c2cncn2CC2CCCN2)cn1. The summed E-state index contributed by atoms with van der Waals surface area (Å²) in [6.45, 7) is 5.13. The first kappa shape index (κ1) is 11.5. The van der Waals surface area contributed by atoms with Gasteiger partial charge in [-0.05, 0) is 26.3 Å². The van der Waals surface area contributed by atoms with Crippen molar-refractivity contribution in [1.29, 1.82) is 0 Å². The highest BCUT2D eigenvalue weighted by atomic mass is 15.3. The van der Waals surface area contributed by atoms with Crippen molar-refractivity contribution in [3.63, 3.8) is 0 Å². The van der Waals surface area contributed by atoms with E-state index in [1.807, 2.05) is 23.4 Å². The van der Waals surface area contributed by atoms with Crippen molar-refractivity contribution in [1.82, 2.24) is 24.6 Å². The number of nitrogens with one attached hydrogen (secondary N) is 1. The van der Waals surface area contributed by atoms with Crippen molar-refractivity contribution >= 4 is 0 Å². The molecule has 0 amide bonds. The monoisotopic (exact) mass is 245 g/mol. The topological polar surface area (TPSA) is 47.7 Å². The molecular formula is C13H19N5. The fraction of sp³-hybridized carbons (Fsp3) is 0.538. The van der Waals surface area contributed by atoms with Crippen molar-refractivity contribution < 1.29 is 0 Å². The predicted octanol–water partition coefficient (Wildman–Crippen LogP) is 1.52. The third-order valence-corrected chi connectivity index (χ3v) is 3.54. The minimum absolute atomic E-state index is 0.583. The van der Waals surface area contributed by atoms with Crippen LogP contribution in [0.4, 0.5) is 0 Å². The molecule has 1 aliphatic heterocycles. The van der Waals surface area contributed by atoms with Gasteiger partial charge in [0.15, 0.2) is 0 Å². The molecule has 96 valence electrons. The van der Waals surface area contributed by atoms with Gasteiger partial charge in [0.05, 0.1) is 24.4 Å². The molecule has 1 unspecified atom stereocenters. The van der Waals surface area contributed by atoms with E-state index >= 15 is 0 Å². The molecule has 0 spiro atoms. The van der Waals surface area contributed by atoms with Crippen LogP contribution in [0.1, 0.15) is 19.8 Å². The summed E-state index contributed by atoms with van der Waals surface area (Å²) in [5.74, 6) is 0. The van der Waals surface area contributed by atoms with Gasteiger partial charge in [0.2, 0.25) is 0 Å². The first-order valence-electron chi connectivity index (χ1n) is 6.63. The van der Waals surface area contributed by atoms with Crippen LogP contribution >= 0.6 is 0 Å². The fourth-order valence-electron chi connectivity index (χ4n) is 2.53. The average molecular weight is 245 g/mol. The van der Waals surface area contributed by atoms with Gasteiger partial charge in [-0.1, -0.05) is 0 Å². The van der Waals surface area contributed by atoms with Gasteiger partial charge in [0.25, 0.3) is 0 Å². The first-order valence-corrected chi connectivity index (χ1v) is 6.63. The van der Waals surface area contributed by atoms with Crippen LogP contribution in [0.3, 0.4) is 0 Å². The Morgan fingerprint density at radius 3 is 3.11 bits per heavy atom. The molecule has 0 bridgehead atoms. The standard InChI is InChI=1S/C13H19N5/c1-2-18-8-11(6-16-18)13-7-14-10-17(13)9-12-4-3-5-15-12/h6-8,10,12,15H,2-5,9H2,1H3. The molecule has 1 N–H and O–H groups in total. The highest BCUT2D eigenvalue weighted by molar-refractivity contribution is 5.56. The number of hydrogen-bond acceptors (Lipinski definition) is 3. The van der Waals surface area contributed by atoms with Crippen molar-refractivity contribution in [3.05, 3.63) is 24.9 Å². The number of imidazole rings is 1. The lowest BCUT2D eigenvalue weighted by Crippen LogP contribution is -2.26. The summed E-state index contributed by atoms with van der Waals surface area (Å²) in [6.07, 6.45) is 10.4. The van der Waals surface area contributed by atoms with Crippen LogP contribution < -0.4 is 5.32 Å². The number of nitrogens with zero attached hydrogens (tertiary/aromatic N) is 4. The molecule has 5 heteroatoms. The maximum atomic E-state index is 4.32. The summed E-state index contributed by atoms with van der Waals surface area (Å²) in [5, 5.41) is 7.84. The van der Waals surface area contributed by atoms with E-state index in [9.17, 15) is 0 Å². The maximum Gasteiger partial charge on any atom is 0.0951 e.